The van der Waals surface area contributed by atoms with E-state index in [1.807, 2.05) is 14.1 Å². The fraction of sp³-hybridized carbons (Fsp3) is 1.00. The molecule has 0 rings (SSSR count). The highest BCUT2D eigenvalue weighted by atomic mass is 28.3. The molecule has 0 fully saturated rings. The third kappa shape index (κ3) is 22.4. The van der Waals surface area contributed by atoms with E-state index in [4.69, 9.17) is 0 Å². The molecule has 0 amide bonds. The van der Waals surface area contributed by atoms with Crippen molar-refractivity contribution in [2.75, 3.05) is 14.1 Å². The molecule has 0 unspecified atom stereocenters. The van der Waals surface area contributed by atoms with E-state index in [0.29, 0.717) is 0 Å². The Morgan fingerprint density at radius 1 is 0.583 bits per heavy atom. The van der Waals surface area contributed by atoms with Crippen LogP contribution in [0, 0.1) is 0 Å². The minimum atomic E-state index is -0.881. The van der Waals surface area contributed by atoms with Gasteiger partial charge in [-0.05, 0) is 14.1 Å². The Morgan fingerprint density at radius 2 is 0.667 bits per heavy atom. The first-order chi connectivity index (χ1) is 5.12. The average Bonchev–Trinajstić information content (AvgIpc) is 1.86. The van der Waals surface area contributed by atoms with Gasteiger partial charge in [-0.15, -0.1) is 0 Å². The lowest BCUT2D eigenvalue weighted by Crippen LogP contribution is -2.37. The molecular weight excluding hydrogens is 180 g/mol. The summed E-state index contributed by atoms with van der Waals surface area (Å²) in [7, 11) is 2.28. The van der Waals surface area contributed by atoms with Crippen LogP contribution in [0.4, 0.5) is 0 Å². The summed E-state index contributed by atoms with van der Waals surface area (Å²) in [6.07, 6.45) is 0. The van der Waals surface area contributed by atoms with Gasteiger partial charge in [0.05, 0.1) is 0 Å². The van der Waals surface area contributed by atoms with Crippen LogP contribution in [-0.2, 0) is 0 Å². The molecule has 0 radical (unpaired) electrons. The van der Waals surface area contributed by atoms with Crippen molar-refractivity contribution in [2.45, 2.75) is 39.3 Å². The minimum Gasteiger partial charge on any atom is -0.340 e. The maximum Gasteiger partial charge on any atom is 0.116 e. The zero-order valence-corrected chi connectivity index (χ0v) is 12.0. The Balaban J connectivity index is 0. The molecule has 0 spiro atoms. The highest BCUT2D eigenvalue weighted by Crippen LogP contribution is 1.89. The molecule has 0 aliphatic rings. The lowest BCUT2D eigenvalue weighted by molar-refractivity contribution is 1.16. The normalized spacial score (nSPS) is 12.0. The molecule has 0 aliphatic heterocycles. The van der Waals surface area contributed by atoms with Gasteiger partial charge in [0, 0.05) is 0 Å². The van der Waals surface area contributed by atoms with E-state index in [1.165, 1.54) is 0 Å². The summed E-state index contributed by atoms with van der Waals surface area (Å²) in [6, 6.07) is 0. The predicted octanol–water partition coefficient (Wildman–Crippen LogP) is 2.08. The first kappa shape index (κ1) is 14.9. The smallest absolute Gasteiger partial charge is 0.116 e. The van der Waals surface area contributed by atoms with Gasteiger partial charge in [0.2, 0.25) is 0 Å². The van der Waals surface area contributed by atoms with Crippen molar-refractivity contribution in [3.63, 3.8) is 0 Å². The average molecular weight is 206 g/mol. The summed E-state index contributed by atoms with van der Waals surface area (Å²) in [5, 5.41) is 0. The Morgan fingerprint density at radius 3 is 0.667 bits per heavy atom. The standard InChI is InChI=1S/2C4H13NSi/c2*1-5-6(2,3)4/h2*5H,1-4H3. The van der Waals surface area contributed by atoms with E-state index in [1.54, 1.807) is 0 Å². The Kier molecular flexibility index (Phi) is 7.31. The zero-order valence-electron chi connectivity index (χ0n) is 10.0. The van der Waals surface area contributed by atoms with Gasteiger partial charge in [-0.3, -0.25) is 0 Å². The van der Waals surface area contributed by atoms with Gasteiger partial charge < -0.3 is 9.96 Å². The van der Waals surface area contributed by atoms with Gasteiger partial charge >= 0.3 is 0 Å². The van der Waals surface area contributed by atoms with Crippen LogP contribution in [-0.4, -0.2) is 30.6 Å². The molecule has 0 bridgehead atoms. The summed E-state index contributed by atoms with van der Waals surface area (Å²) in [5.74, 6) is 0. The third-order valence-electron chi connectivity index (χ3n) is 1.50. The van der Waals surface area contributed by atoms with Crippen LogP contribution in [0.1, 0.15) is 0 Å². The summed E-state index contributed by atoms with van der Waals surface area (Å²) >= 11 is 0. The van der Waals surface area contributed by atoms with Crippen LogP contribution in [0.5, 0.6) is 0 Å². The Labute approximate surface area is 80.3 Å². The van der Waals surface area contributed by atoms with Crippen molar-refractivity contribution >= 4 is 16.5 Å². The van der Waals surface area contributed by atoms with Crippen LogP contribution in [0.15, 0.2) is 0 Å². The third-order valence-corrected chi connectivity index (χ3v) is 4.50. The second-order valence-electron chi connectivity index (χ2n) is 5.00. The van der Waals surface area contributed by atoms with Crippen molar-refractivity contribution in [3.05, 3.63) is 0 Å². The molecule has 0 aliphatic carbocycles. The molecule has 0 aromatic rings. The second kappa shape index (κ2) is 5.91. The fourth-order valence-corrected chi connectivity index (χ4v) is 0. The summed E-state index contributed by atoms with van der Waals surface area (Å²) < 4.78 is 0. The summed E-state index contributed by atoms with van der Waals surface area (Å²) in [5.41, 5.74) is 0. The van der Waals surface area contributed by atoms with E-state index >= 15 is 0 Å². The van der Waals surface area contributed by atoms with E-state index < -0.39 is 16.5 Å². The van der Waals surface area contributed by atoms with Crippen LogP contribution in [0.3, 0.4) is 0 Å². The maximum atomic E-state index is 3.24. The highest BCUT2D eigenvalue weighted by Gasteiger charge is 2.06. The number of hydrogen-bond donors (Lipinski definition) is 2. The lowest BCUT2D eigenvalue weighted by atomic mass is 11.6. The maximum absolute atomic E-state index is 3.24. The van der Waals surface area contributed by atoms with Crippen LogP contribution >= 0.6 is 0 Å². The highest BCUT2D eigenvalue weighted by molar-refractivity contribution is 6.73. The quantitative estimate of drug-likeness (QED) is 0.676. The molecule has 2 nitrogen and oxygen atoms in total. The van der Waals surface area contributed by atoms with Crippen molar-refractivity contribution in [2.24, 2.45) is 0 Å². The fourth-order valence-electron chi connectivity index (χ4n) is 0. The topological polar surface area (TPSA) is 24.1 Å². The number of nitrogens with one attached hydrogen (secondary N) is 2. The van der Waals surface area contributed by atoms with Crippen molar-refractivity contribution in [1.82, 2.24) is 9.96 Å². The van der Waals surface area contributed by atoms with Crippen LogP contribution < -0.4 is 9.96 Å². The first-order valence-electron chi connectivity index (χ1n) is 4.50. The molecule has 0 aromatic carbocycles. The SMILES string of the molecule is CN[Si](C)(C)C.CN[Si](C)(C)C. The molecule has 0 saturated heterocycles. The largest absolute Gasteiger partial charge is 0.340 e. The molecule has 12 heavy (non-hydrogen) atoms. The zero-order chi connectivity index (χ0) is 10.4. The van der Waals surface area contributed by atoms with Crippen molar-refractivity contribution < 1.29 is 0 Å². The van der Waals surface area contributed by atoms with Gasteiger partial charge in [-0.2, -0.15) is 0 Å². The predicted molar refractivity (Wildman–Crippen MR) is 64.8 cm³/mol. The van der Waals surface area contributed by atoms with E-state index in [-0.39, 0.29) is 0 Å². The number of rotatable bonds is 2. The Hall–Kier alpha value is 0.354. The van der Waals surface area contributed by atoms with Crippen molar-refractivity contribution in [1.29, 1.82) is 0 Å². The van der Waals surface area contributed by atoms with Crippen LogP contribution in [0.25, 0.3) is 0 Å². The summed E-state index contributed by atoms with van der Waals surface area (Å²) in [6.45, 7) is 13.6. The Bertz CT molecular complexity index is 88.6. The van der Waals surface area contributed by atoms with E-state index in [9.17, 15) is 0 Å². The van der Waals surface area contributed by atoms with Gasteiger partial charge in [-0.25, -0.2) is 0 Å². The molecule has 0 atom stereocenters. The van der Waals surface area contributed by atoms with Gasteiger partial charge in [0.15, 0.2) is 0 Å². The van der Waals surface area contributed by atoms with Gasteiger partial charge in [-0.1, -0.05) is 39.3 Å². The van der Waals surface area contributed by atoms with Crippen LogP contribution in [0.2, 0.25) is 39.3 Å². The number of hydrogen-bond acceptors (Lipinski definition) is 2. The molecule has 76 valence electrons. The monoisotopic (exact) mass is 206 g/mol. The molecule has 0 heterocycles. The van der Waals surface area contributed by atoms with E-state index in [0.717, 1.165) is 0 Å². The van der Waals surface area contributed by atoms with E-state index in [2.05, 4.69) is 49.2 Å². The lowest BCUT2D eigenvalue weighted by Gasteiger charge is -2.11. The van der Waals surface area contributed by atoms with Crippen molar-refractivity contribution in [3.8, 4) is 0 Å². The van der Waals surface area contributed by atoms with Gasteiger partial charge in [0.25, 0.3) is 0 Å². The molecule has 0 aromatic heterocycles. The van der Waals surface area contributed by atoms with Gasteiger partial charge in [0.1, 0.15) is 16.5 Å². The molecule has 0 saturated carbocycles. The summed E-state index contributed by atoms with van der Waals surface area (Å²) in [4.78, 5) is 6.49. The first-order valence-corrected chi connectivity index (χ1v) is 11.5. The molecule has 4 heteroatoms. The molecular formula is C8H26N2Si2. The minimum absolute atomic E-state index is 0.881. The second-order valence-corrected chi connectivity index (χ2v) is 15.0. The molecule has 2 N–H and O–H groups in total.